The molecule has 0 aliphatic carbocycles. The van der Waals surface area contributed by atoms with E-state index in [1.54, 1.807) is 18.4 Å². The third-order valence-corrected chi connectivity index (χ3v) is 2.94. The van der Waals surface area contributed by atoms with Gasteiger partial charge in [-0.05, 0) is 13.3 Å². The molecule has 17 heavy (non-hydrogen) atoms. The van der Waals surface area contributed by atoms with Gasteiger partial charge in [-0.2, -0.15) is 0 Å². The van der Waals surface area contributed by atoms with Crippen LogP contribution in [0, 0.1) is 6.92 Å². The lowest BCUT2D eigenvalue weighted by Gasteiger charge is -2.08. The molecule has 0 spiro atoms. The van der Waals surface area contributed by atoms with Crippen LogP contribution in [0.3, 0.4) is 0 Å². The molecule has 0 saturated heterocycles. The van der Waals surface area contributed by atoms with Gasteiger partial charge in [0.25, 0.3) is 0 Å². The number of aromatic nitrogens is 1. The number of methoxy groups -OCH3 is 1. The molecule has 0 unspecified atom stereocenters. The van der Waals surface area contributed by atoms with Gasteiger partial charge in [0.15, 0.2) is 0 Å². The van der Waals surface area contributed by atoms with Crippen LogP contribution in [0.25, 0.3) is 0 Å². The molecule has 96 valence electrons. The van der Waals surface area contributed by atoms with Crippen molar-refractivity contribution < 1.29 is 4.74 Å². The minimum absolute atomic E-state index is 0.537. The fourth-order valence-corrected chi connectivity index (χ4v) is 1.89. The van der Waals surface area contributed by atoms with Gasteiger partial charge in [0.1, 0.15) is 5.01 Å². The summed E-state index contributed by atoms with van der Waals surface area (Å²) in [6.45, 7) is 3.99. The maximum Gasteiger partial charge on any atom is 0.206 e. The molecule has 0 aromatic carbocycles. The van der Waals surface area contributed by atoms with E-state index in [0.717, 1.165) is 30.3 Å². The maximum atomic E-state index is 5.37. The Kier molecular flexibility index (Phi) is 6.53. The van der Waals surface area contributed by atoms with E-state index in [0.29, 0.717) is 12.5 Å². The summed E-state index contributed by atoms with van der Waals surface area (Å²) in [5.74, 6) is 5.94. The highest BCUT2D eigenvalue weighted by Gasteiger charge is 1.99. The fourth-order valence-electron chi connectivity index (χ4n) is 1.20. The number of guanidine groups is 1. The van der Waals surface area contributed by atoms with Gasteiger partial charge in [0.2, 0.25) is 5.96 Å². The summed E-state index contributed by atoms with van der Waals surface area (Å²) in [5.41, 5.74) is 3.55. The third-order valence-electron chi connectivity index (χ3n) is 1.99. The molecule has 6 nitrogen and oxygen atoms in total. The highest BCUT2D eigenvalue weighted by molar-refractivity contribution is 7.09. The molecule has 0 bridgehead atoms. The number of hydrogen-bond acceptors (Lipinski definition) is 5. The Labute approximate surface area is 105 Å². The van der Waals surface area contributed by atoms with E-state index < -0.39 is 0 Å². The topological polar surface area (TPSA) is 84.6 Å². The van der Waals surface area contributed by atoms with Crippen LogP contribution in [0.1, 0.15) is 17.1 Å². The number of thiazole rings is 1. The van der Waals surface area contributed by atoms with Crippen LogP contribution in [0.5, 0.6) is 0 Å². The largest absolute Gasteiger partial charge is 0.385 e. The summed E-state index contributed by atoms with van der Waals surface area (Å²) in [7, 11) is 1.68. The van der Waals surface area contributed by atoms with Crippen LogP contribution in [0.4, 0.5) is 0 Å². The van der Waals surface area contributed by atoms with Gasteiger partial charge in [-0.1, -0.05) is 0 Å². The summed E-state index contributed by atoms with van der Waals surface area (Å²) in [5, 5.41) is 6.08. The fraction of sp³-hybridized carbons (Fsp3) is 0.600. The third kappa shape index (κ3) is 5.62. The maximum absolute atomic E-state index is 5.37. The molecule has 1 rings (SSSR count). The highest BCUT2D eigenvalue weighted by atomic mass is 32.1. The van der Waals surface area contributed by atoms with Gasteiger partial charge in [0, 0.05) is 31.3 Å². The first-order valence-corrected chi connectivity index (χ1v) is 6.29. The van der Waals surface area contributed by atoms with E-state index in [-0.39, 0.29) is 0 Å². The Hall–Kier alpha value is -1.18. The molecule has 7 heteroatoms. The van der Waals surface area contributed by atoms with Crippen molar-refractivity contribution in [3.05, 3.63) is 16.1 Å². The zero-order valence-electron chi connectivity index (χ0n) is 10.2. The van der Waals surface area contributed by atoms with Crippen molar-refractivity contribution in [1.29, 1.82) is 0 Å². The Morgan fingerprint density at radius 3 is 3.06 bits per heavy atom. The van der Waals surface area contributed by atoms with Crippen LogP contribution >= 0.6 is 11.3 Å². The molecule has 4 N–H and O–H groups in total. The summed E-state index contributed by atoms with van der Waals surface area (Å²) in [6, 6.07) is 0. The normalized spacial score (nSPS) is 11.6. The zero-order valence-corrected chi connectivity index (χ0v) is 11.0. The summed E-state index contributed by atoms with van der Waals surface area (Å²) < 4.78 is 4.95. The average Bonchev–Trinajstić information content (AvgIpc) is 2.74. The molecule has 0 atom stereocenters. The van der Waals surface area contributed by atoms with Crippen LogP contribution < -0.4 is 16.6 Å². The lowest BCUT2D eigenvalue weighted by molar-refractivity contribution is 0.195. The van der Waals surface area contributed by atoms with E-state index in [1.165, 1.54) is 0 Å². The number of nitrogens with one attached hydrogen (secondary N) is 2. The molecule has 0 amide bonds. The second-order valence-electron chi connectivity index (χ2n) is 3.46. The molecule has 1 heterocycles. The van der Waals surface area contributed by atoms with E-state index in [9.17, 15) is 0 Å². The molecule has 1 aromatic rings. The van der Waals surface area contributed by atoms with Crippen LogP contribution in [0.2, 0.25) is 0 Å². The lowest BCUT2D eigenvalue weighted by Crippen LogP contribution is -2.42. The predicted molar refractivity (Wildman–Crippen MR) is 69.8 cm³/mol. The van der Waals surface area contributed by atoms with E-state index in [1.807, 2.05) is 12.3 Å². The van der Waals surface area contributed by atoms with Crippen molar-refractivity contribution in [2.75, 3.05) is 20.3 Å². The monoisotopic (exact) mass is 257 g/mol. The lowest BCUT2D eigenvalue weighted by atomic mass is 10.4. The van der Waals surface area contributed by atoms with E-state index in [4.69, 9.17) is 10.6 Å². The molecule has 0 saturated carbocycles. The number of ether oxygens (including phenoxy) is 1. The van der Waals surface area contributed by atoms with Gasteiger partial charge in [-0.3, -0.25) is 5.43 Å². The summed E-state index contributed by atoms with van der Waals surface area (Å²) in [4.78, 5) is 8.62. The zero-order chi connectivity index (χ0) is 12.5. The van der Waals surface area contributed by atoms with Gasteiger partial charge in [-0.15, -0.1) is 11.3 Å². The Morgan fingerprint density at radius 1 is 1.65 bits per heavy atom. The molecule has 1 aromatic heterocycles. The van der Waals surface area contributed by atoms with E-state index in [2.05, 4.69) is 20.7 Å². The molecule has 0 fully saturated rings. The van der Waals surface area contributed by atoms with Gasteiger partial charge in [0.05, 0.1) is 6.54 Å². The molecule has 0 aliphatic rings. The standard InChI is InChI=1S/C10H19N5OS/c1-8-7-17-9(14-8)6-13-10(15-11)12-4-3-5-16-2/h7H,3-6,11H2,1-2H3,(H2,12,13,15). The number of hydrazine groups is 1. The van der Waals surface area contributed by atoms with Crippen molar-refractivity contribution in [2.24, 2.45) is 10.8 Å². The predicted octanol–water partition coefficient (Wildman–Crippen LogP) is 0.397. The second-order valence-corrected chi connectivity index (χ2v) is 4.41. The van der Waals surface area contributed by atoms with Crippen molar-refractivity contribution >= 4 is 17.3 Å². The van der Waals surface area contributed by atoms with Crippen molar-refractivity contribution in [2.45, 2.75) is 19.9 Å². The molecule has 0 radical (unpaired) electrons. The number of nitrogens with zero attached hydrogens (tertiary/aromatic N) is 2. The van der Waals surface area contributed by atoms with E-state index >= 15 is 0 Å². The van der Waals surface area contributed by atoms with Crippen molar-refractivity contribution in [3.63, 3.8) is 0 Å². The Bertz CT molecular complexity index is 352. The van der Waals surface area contributed by atoms with Crippen LogP contribution in [0.15, 0.2) is 10.4 Å². The highest BCUT2D eigenvalue weighted by Crippen LogP contribution is 2.09. The summed E-state index contributed by atoms with van der Waals surface area (Å²) in [6.07, 6.45) is 0.910. The van der Waals surface area contributed by atoms with Crippen molar-refractivity contribution in [1.82, 2.24) is 15.7 Å². The number of aryl methyl sites for hydroxylation is 1. The first-order valence-electron chi connectivity index (χ1n) is 5.41. The molecular formula is C10H19N5OS. The molecular weight excluding hydrogens is 238 g/mol. The van der Waals surface area contributed by atoms with Gasteiger partial charge >= 0.3 is 0 Å². The number of aliphatic imine (C=N–C) groups is 1. The SMILES string of the molecule is COCCCNC(=NCc1nc(C)cs1)NN. The average molecular weight is 257 g/mol. The smallest absolute Gasteiger partial charge is 0.206 e. The van der Waals surface area contributed by atoms with Crippen molar-refractivity contribution in [3.8, 4) is 0 Å². The first kappa shape index (κ1) is 13.9. The second kappa shape index (κ2) is 7.99. The minimum Gasteiger partial charge on any atom is -0.385 e. The Morgan fingerprint density at radius 2 is 2.47 bits per heavy atom. The number of nitrogens with two attached hydrogens (primary N) is 1. The van der Waals surface area contributed by atoms with Gasteiger partial charge in [-0.25, -0.2) is 15.8 Å². The number of hydrogen-bond donors (Lipinski definition) is 3. The van der Waals surface area contributed by atoms with Crippen LogP contribution in [-0.4, -0.2) is 31.2 Å². The van der Waals surface area contributed by atoms with Crippen LogP contribution in [-0.2, 0) is 11.3 Å². The quantitative estimate of drug-likeness (QED) is 0.226. The minimum atomic E-state index is 0.537. The number of rotatable bonds is 6. The Balaban J connectivity index is 2.33. The summed E-state index contributed by atoms with van der Waals surface area (Å²) >= 11 is 1.60. The molecule has 0 aliphatic heterocycles. The van der Waals surface area contributed by atoms with Gasteiger partial charge < -0.3 is 10.1 Å². The first-order chi connectivity index (χ1) is 8.26.